The summed E-state index contributed by atoms with van der Waals surface area (Å²) in [7, 11) is 0. The number of hydrogen-bond acceptors (Lipinski definition) is 10. The maximum absolute atomic E-state index is 14.9. The van der Waals surface area contributed by atoms with Crippen molar-refractivity contribution in [1.82, 2.24) is 0 Å². The van der Waals surface area contributed by atoms with Crippen molar-refractivity contribution in [2.45, 2.75) is 60.9 Å². The first-order chi connectivity index (χ1) is 20.6. The van der Waals surface area contributed by atoms with Crippen LogP contribution in [0.5, 0.6) is 11.5 Å². The number of fused-ring (bicyclic) bond motifs is 2. The summed E-state index contributed by atoms with van der Waals surface area (Å²) in [6, 6.07) is 11.7. The molecule has 234 valence electrons. The van der Waals surface area contributed by atoms with E-state index in [2.05, 4.69) is 0 Å². The van der Waals surface area contributed by atoms with Crippen molar-refractivity contribution in [3.63, 3.8) is 0 Å². The minimum absolute atomic E-state index is 0.113. The molecule has 0 spiro atoms. The highest BCUT2D eigenvalue weighted by atomic mass is 19.1. The van der Waals surface area contributed by atoms with Crippen LogP contribution in [0.3, 0.4) is 0 Å². The van der Waals surface area contributed by atoms with Gasteiger partial charge < -0.3 is 27.8 Å². The lowest BCUT2D eigenvalue weighted by atomic mass is 9.97. The molecule has 0 aliphatic heterocycles. The van der Waals surface area contributed by atoms with Crippen molar-refractivity contribution < 1.29 is 41.8 Å². The second kappa shape index (κ2) is 12.9. The van der Waals surface area contributed by atoms with Crippen molar-refractivity contribution in [2.75, 3.05) is 13.2 Å². The fourth-order valence-electron chi connectivity index (χ4n) is 3.95. The molecule has 0 radical (unpaired) electrons. The Morgan fingerprint density at radius 3 is 1.45 bits per heavy atom. The molecule has 0 aliphatic rings. The van der Waals surface area contributed by atoms with Crippen molar-refractivity contribution >= 4 is 33.9 Å². The Bertz CT molecular complexity index is 1660. The molecule has 0 unspecified atom stereocenters. The highest BCUT2D eigenvalue weighted by Crippen LogP contribution is 2.26. The third kappa shape index (κ3) is 7.83. The van der Waals surface area contributed by atoms with Crippen molar-refractivity contribution in [3.05, 3.63) is 80.5 Å². The van der Waals surface area contributed by atoms with Gasteiger partial charge in [0.2, 0.25) is 0 Å². The topological polar surface area (TPSA) is 131 Å². The maximum atomic E-state index is 14.9. The van der Waals surface area contributed by atoms with Gasteiger partial charge in [-0.25, -0.2) is 4.39 Å². The van der Waals surface area contributed by atoms with Gasteiger partial charge in [0.15, 0.2) is 17.0 Å². The fourth-order valence-corrected chi connectivity index (χ4v) is 3.95. The Morgan fingerprint density at radius 2 is 1.09 bits per heavy atom. The van der Waals surface area contributed by atoms with Gasteiger partial charge in [-0.15, -0.1) is 0 Å². The lowest BCUT2D eigenvalue weighted by molar-refractivity contribution is -0.155. The number of hydrogen-bond donors (Lipinski definition) is 0. The van der Waals surface area contributed by atoms with Crippen molar-refractivity contribution in [3.8, 4) is 11.5 Å². The third-order valence-electron chi connectivity index (χ3n) is 6.29. The molecule has 4 aromatic rings. The first kappa shape index (κ1) is 32.2. The van der Waals surface area contributed by atoms with Crippen LogP contribution in [0.25, 0.3) is 21.9 Å². The van der Waals surface area contributed by atoms with E-state index in [1.165, 1.54) is 24.3 Å². The molecule has 0 amide bonds. The zero-order valence-electron chi connectivity index (χ0n) is 25.5. The lowest BCUT2D eigenvalue weighted by Gasteiger charge is -2.16. The van der Waals surface area contributed by atoms with Crippen LogP contribution >= 0.6 is 0 Å². The highest BCUT2D eigenvalue weighted by molar-refractivity contribution is 5.84. The second-order valence-electron chi connectivity index (χ2n) is 12.3. The molecule has 2 aromatic carbocycles. The molecule has 0 saturated carbocycles. The van der Waals surface area contributed by atoms with Gasteiger partial charge in [0, 0.05) is 12.1 Å². The molecule has 10 nitrogen and oxygen atoms in total. The molecule has 4 rings (SSSR count). The van der Waals surface area contributed by atoms with E-state index in [0.29, 0.717) is 0 Å². The van der Waals surface area contributed by atoms with Crippen molar-refractivity contribution in [2.24, 2.45) is 10.8 Å². The van der Waals surface area contributed by atoms with Crippen LogP contribution in [0.2, 0.25) is 0 Å². The van der Waals surface area contributed by atoms with Crippen LogP contribution in [0.1, 0.15) is 53.1 Å². The van der Waals surface area contributed by atoms with E-state index in [1.54, 1.807) is 65.8 Å². The molecule has 0 bridgehead atoms. The van der Waals surface area contributed by atoms with Gasteiger partial charge in [-0.1, -0.05) is 12.1 Å². The number of ether oxygens (including phenoxy) is 4. The number of rotatable bonds is 10. The third-order valence-corrected chi connectivity index (χ3v) is 6.29. The van der Waals surface area contributed by atoms with Crippen LogP contribution in [0.15, 0.2) is 67.0 Å². The Balaban J connectivity index is 1.40. The van der Waals surface area contributed by atoms with Gasteiger partial charge in [-0.05, 0) is 65.8 Å². The van der Waals surface area contributed by atoms with Crippen LogP contribution in [0.4, 0.5) is 4.39 Å². The van der Waals surface area contributed by atoms with Gasteiger partial charge in [0.05, 0.1) is 10.8 Å². The van der Waals surface area contributed by atoms with Crippen LogP contribution in [-0.4, -0.2) is 31.3 Å². The molecule has 2 heterocycles. The largest absolute Gasteiger partial charge is 0.489 e. The van der Waals surface area contributed by atoms with Gasteiger partial charge in [-0.2, -0.15) is 0 Å². The predicted octanol–water partition coefficient (Wildman–Crippen LogP) is 5.87. The van der Waals surface area contributed by atoms with Crippen molar-refractivity contribution in [1.29, 1.82) is 0 Å². The summed E-state index contributed by atoms with van der Waals surface area (Å²) in [5, 5.41) is 0.226. The summed E-state index contributed by atoms with van der Waals surface area (Å²) in [6.45, 7) is 8.94. The summed E-state index contributed by atoms with van der Waals surface area (Å²) in [6.07, 6.45) is -1.63. The van der Waals surface area contributed by atoms with Crippen LogP contribution < -0.4 is 20.3 Å². The zero-order chi connectivity index (χ0) is 32.2. The monoisotopic (exact) mass is 610 g/mol. The minimum Gasteiger partial charge on any atom is -0.489 e. The lowest BCUT2D eigenvalue weighted by Crippen LogP contribution is -2.23. The smallest absolute Gasteiger partial charge is 0.311 e. The van der Waals surface area contributed by atoms with E-state index in [1.807, 2.05) is 0 Å². The molecule has 11 heteroatoms. The predicted molar refractivity (Wildman–Crippen MR) is 159 cm³/mol. The number of esters is 2. The van der Waals surface area contributed by atoms with Crippen LogP contribution in [-0.2, 0) is 32.3 Å². The van der Waals surface area contributed by atoms with Gasteiger partial charge >= 0.3 is 11.9 Å². The van der Waals surface area contributed by atoms with E-state index in [-0.39, 0.29) is 58.2 Å². The molecule has 44 heavy (non-hydrogen) atoms. The standard InChI is InChI=1S/C33H35FO10/c1-32(2,3)30(37)41-17-20-13-22(35)28-24(9-7-11-26(28)43-20)39-15-19(34)16-40-25-10-8-12-27-29(25)23(36)14-21(44-27)18-42-31(38)33(4,5)6/h7-14,19H,15-18H2,1-6H3. The van der Waals surface area contributed by atoms with Gasteiger partial charge in [0.1, 0.15) is 71.4 Å². The quantitative estimate of drug-likeness (QED) is 0.201. The molecule has 0 atom stereocenters. The first-order valence-electron chi connectivity index (χ1n) is 14.0. The van der Waals surface area contributed by atoms with Gasteiger partial charge in [0.25, 0.3) is 0 Å². The summed E-state index contributed by atoms with van der Waals surface area (Å²) in [5.74, 6) is -0.341. The average Bonchev–Trinajstić information content (AvgIpc) is 2.95. The Hall–Kier alpha value is -4.67. The van der Waals surface area contributed by atoms with E-state index in [9.17, 15) is 23.6 Å². The Morgan fingerprint density at radius 1 is 0.705 bits per heavy atom. The minimum atomic E-state index is -1.63. The number of benzene rings is 2. The fraction of sp³-hybridized carbons (Fsp3) is 0.394. The molecule has 0 aliphatic carbocycles. The molecule has 0 N–H and O–H groups in total. The van der Waals surface area contributed by atoms with Gasteiger partial charge in [-0.3, -0.25) is 19.2 Å². The van der Waals surface area contributed by atoms with Crippen LogP contribution in [0, 0.1) is 10.8 Å². The second-order valence-corrected chi connectivity index (χ2v) is 12.3. The summed E-state index contributed by atoms with van der Waals surface area (Å²) in [5.41, 5.74) is -1.91. The van der Waals surface area contributed by atoms with E-state index in [4.69, 9.17) is 27.8 Å². The maximum Gasteiger partial charge on any atom is 0.311 e. The molecule has 2 aromatic heterocycles. The first-order valence-corrected chi connectivity index (χ1v) is 14.0. The average molecular weight is 611 g/mol. The Labute approximate surface area is 252 Å². The van der Waals surface area contributed by atoms with E-state index >= 15 is 0 Å². The summed E-state index contributed by atoms with van der Waals surface area (Å²) >= 11 is 0. The SMILES string of the molecule is CC(C)(C)C(=O)OCc1cc(=O)c2c(OCC(F)COc3cccc4oc(COC(=O)C(C)(C)C)cc(=O)c34)cccc2o1. The number of alkyl halides is 1. The summed E-state index contributed by atoms with van der Waals surface area (Å²) < 4.78 is 48.0. The normalized spacial score (nSPS) is 12.0. The zero-order valence-corrected chi connectivity index (χ0v) is 25.5. The number of carbonyl (C=O) groups is 2. The molecular weight excluding hydrogens is 575 g/mol. The Kier molecular flexibility index (Phi) is 9.46. The molecule has 0 fully saturated rings. The molecular formula is C33H35FO10. The number of halogens is 1. The van der Waals surface area contributed by atoms with E-state index in [0.717, 1.165) is 0 Å². The number of carbonyl (C=O) groups excluding carboxylic acids is 2. The molecule has 0 saturated heterocycles. The highest BCUT2D eigenvalue weighted by Gasteiger charge is 2.25. The summed E-state index contributed by atoms with van der Waals surface area (Å²) in [4.78, 5) is 49.8. The van der Waals surface area contributed by atoms with E-state index < -0.39 is 53.0 Å².